The van der Waals surface area contributed by atoms with Gasteiger partial charge in [-0.3, -0.25) is 4.90 Å². The van der Waals surface area contributed by atoms with Crippen molar-refractivity contribution in [2.75, 3.05) is 31.1 Å². The van der Waals surface area contributed by atoms with Gasteiger partial charge in [-0.15, -0.1) is 0 Å². The fourth-order valence-electron chi connectivity index (χ4n) is 3.28. The third-order valence-corrected chi connectivity index (χ3v) is 4.96. The molecule has 0 aliphatic carbocycles. The van der Waals surface area contributed by atoms with E-state index in [1.165, 1.54) is 5.69 Å². The minimum absolute atomic E-state index is 0.794. The van der Waals surface area contributed by atoms with Gasteiger partial charge in [0.05, 0.1) is 17.2 Å². The van der Waals surface area contributed by atoms with Crippen LogP contribution in [0.15, 0.2) is 36.9 Å². The second-order valence-corrected chi connectivity index (χ2v) is 6.73. The number of aromatic nitrogens is 2. The summed E-state index contributed by atoms with van der Waals surface area (Å²) in [6.07, 6.45) is 5.89. The van der Waals surface area contributed by atoms with Gasteiger partial charge in [0, 0.05) is 43.9 Å². The Morgan fingerprint density at radius 3 is 2.64 bits per heavy atom. The van der Waals surface area contributed by atoms with Crippen molar-refractivity contribution in [3.05, 3.63) is 58.5 Å². The molecule has 0 saturated carbocycles. The highest BCUT2D eigenvalue weighted by Gasteiger charge is 2.19. The van der Waals surface area contributed by atoms with Crippen molar-refractivity contribution in [1.82, 2.24) is 14.5 Å². The summed E-state index contributed by atoms with van der Waals surface area (Å²) in [7, 11) is 2.08. The number of imidazole rings is 1. The van der Waals surface area contributed by atoms with Crippen LogP contribution in [0.5, 0.6) is 0 Å². The summed E-state index contributed by atoms with van der Waals surface area (Å²) < 4.78 is 2.17. The van der Waals surface area contributed by atoms with Crippen molar-refractivity contribution in [3.8, 4) is 0 Å². The molecule has 2 aromatic rings. The van der Waals surface area contributed by atoms with E-state index in [1.54, 1.807) is 0 Å². The lowest BCUT2D eigenvalue weighted by Gasteiger charge is -2.36. The topological polar surface area (TPSA) is 24.3 Å². The molecule has 1 aromatic carbocycles. The molecule has 0 radical (unpaired) electrons. The summed E-state index contributed by atoms with van der Waals surface area (Å²) in [6, 6.07) is 8.10. The first-order valence-corrected chi connectivity index (χ1v) is 9.03. The predicted molar refractivity (Wildman–Crippen MR) is 106 cm³/mol. The van der Waals surface area contributed by atoms with Gasteiger partial charge in [0.2, 0.25) is 0 Å². The lowest BCUT2D eigenvalue weighted by molar-refractivity contribution is 0.241. The number of allylic oxidation sites excluding steroid dienone is 1. The van der Waals surface area contributed by atoms with Gasteiger partial charge in [-0.1, -0.05) is 36.4 Å². The molecule has 0 bridgehead atoms. The quantitative estimate of drug-likeness (QED) is 0.839. The van der Waals surface area contributed by atoms with Crippen LogP contribution in [0, 0.1) is 0 Å². The maximum Gasteiger partial charge on any atom is 0.123 e. The van der Waals surface area contributed by atoms with Crippen LogP contribution in [0.1, 0.15) is 12.7 Å². The van der Waals surface area contributed by atoms with Gasteiger partial charge in [-0.2, -0.15) is 0 Å². The van der Waals surface area contributed by atoms with Crippen molar-refractivity contribution in [2.45, 2.75) is 13.5 Å². The molecule has 0 N–H and O–H groups in total. The summed E-state index contributed by atoms with van der Waals surface area (Å²) in [4.78, 5) is 9.64. The second-order valence-electron chi connectivity index (χ2n) is 6.29. The number of anilines is 1. The summed E-state index contributed by atoms with van der Waals surface area (Å²) in [5, 5.41) is 2.93. The van der Waals surface area contributed by atoms with E-state index < -0.39 is 0 Å². The van der Waals surface area contributed by atoms with Crippen LogP contribution >= 0.6 is 11.6 Å². The first-order valence-electron chi connectivity index (χ1n) is 8.66. The highest BCUT2D eigenvalue weighted by molar-refractivity contribution is 6.30. The lowest BCUT2D eigenvalue weighted by Crippen LogP contribution is -2.46. The highest BCUT2D eigenvalue weighted by atomic mass is 35.5. The van der Waals surface area contributed by atoms with Crippen molar-refractivity contribution in [1.29, 1.82) is 0 Å². The average Bonchev–Trinajstić information content (AvgIpc) is 2.92. The van der Waals surface area contributed by atoms with Crippen LogP contribution in [-0.2, 0) is 13.6 Å². The first kappa shape index (κ1) is 17.8. The number of halogens is 1. The molecular formula is C20H25ClN4. The molecule has 1 fully saturated rings. The number of piperazine rings is 1. The number of nitrogens with zero attached hydrogens (tertiary/aromatic N) is 4. The van der Waals surface area contributed by atoms with E-state index in [0.29, 0.717) is 0 Å². The number of benzene rings is 1. The Labute approximate surface area is 154 Å². The minimum Gasteiger partial charge on any atom is -0.369 e. The average molecular weight is 357 g/mol. The van der Waals surface area contributed by atoms with E-state index in [2.05, 4.69) is 40.1 Å². The van der Waals surface area contributed by atoms with Crippen molar-refractivity contribution >= 4 is 29.4 Å². The number of hydrogen-bond acceptors (Lipinski definition) is 3. The Bertz CT molecular complexity index is 860. The smallest absolute Gasteiger partial charge is 0.123 e. The van der Waals surface area contributed by atoms with Crippen LogP contribution in [0.3, 0.4) is 0 Å². The molecule has 1 saturated heterocycles. The highest BCUT2D eigenvalue weighted by Crippen LogP contribution is 2.21. The zero-order valence-electron chi connectivity index (χ0n) is 15.0. The predicted octanol–water partition coefficient (Wildman–Crippen LogP) is 2.16. The second kappa shape index (κ2) is 7.89. The third kappa shape index (κ3) is 3.97. The largest absolute Gasteiger partial charge is 0.369 e. The molecule has 0 atom stereocenters. The Morgan fingerprint density at radius 2 is 2.00 bits per heavy atom. The summed E-state index contributed by atoms with van der Waals surface area (Å²) >= 11 is 6.11. The molecule has 1 aliphatic rings. The van der Waals surface area contributed by atoms with E-state index in [4.69, 9.17) is 16.6 Å². The Hall–Kier alpha value is -2.04. The van der Waals surface area contributed by atoms with Gasteiger partial charge in [0.25, 0.3) is 0 Å². The molecular weight excluding hydrogens is 332 g/mol. The normalized spacial score (nSPS) is 17.3. The standard InChI is InChI=1S/C20H25ClN4/c1-4-7-19-18(5-2)22-20(23(19)3)15-24-10-12-25(13-11-24)17-9-6-8-16(21)14-17/h4-9,14H,1,10-13,15H2,2-3H3/b18-5+,19-7+. The first-order chi connectivity index (χ1) is 12.1. The monoisotopic (exact) mass is 356 g/mol. The molecule has 0 spiro atoms. The van der Waals surface area contributed by atoms with E-state index in [1.807, 2.05) is 37.3 Å². The molecule has 1 aromatic heterocycles. The summed E-state index contributed by atoms with van der Waals surface area (Å²) in [6.45, 7) is 10.7. The fourth-order valence-corrected chi connectivity index (χ4v) is 3.47. The van der Waals surface area contributed by atoms with Crippen LogP contribution in [0.25, 0.3) is 12.2 Å². The van der Waals surface area contributed by atoms with E-state index >= 15 is 0 Å². The summed E-state index contributed by atoms with van der Waals surface area (Å²) in [5.74, 6) is 1.09. The zero-order chi connectivity index (χ0) is 17.8. The van der Waals surface area contributed by atoms with Gasteiger partial charge in [-0.05, 0) is 31.2 Å². The fraction of sp³-hybridized carbons (Fsp3) is 0.350. The van der Waals surface area contributed by atoms with Crippen LogP contribution in [-0.4, -0.2) is 40.6 Å². The number of rotatable bonds is 4. The maximum absolute atomic E-state index is 6.11. The Balaban J connectivity index is 1.69. The van der Waals surface area contributed by atoms with Crippen molar-refractivity contribution < 1.29 is 0 Å². The minimum atomic E-state index is 0.794. The molecule has 0 unspecified atom stereocenters. The van der Waals surface area contributed by atoms with Crippen molar-refractivity contribution in [2.24, 2.45) is 7.05 Å². The van der Waals surface area contributed by atoms with Gasteiger partial charge < -0.3 is 9.47 Å². The molecule has 4 nitrogen and oxygen atoms in total. The third-order valence-electron chi connectivity index (χ3n) is 4.72. The molecule has 2 heterocycles. The molecule has 132 valence electrons. The van der Waals surface area contributed by atoms with Crippen LogP contribution in [0.2, 0.25) is 5.02 Å². The Morgan fingerprint density at radius 1 is 1.24 bits per heavy atom. The molecule has 1 aliphatic heterocycles. The summed E-state index contributed by atoms with van der Waals surface area (Å²) in [5.41, 5.74) is 1.20. The van der Waals surface area contributed by atoms with E-state index in [-0.39, 0.29) is 0 Å². The zero-order valence-corrected chi connectivity index (χ0v) is 15.7. The van der Waals surface area contributed by atoms with Gasteiger partial charge in [-0.25, -0.2) is 4.98 Å². The number of hydrogen-bond donors (Lipinski definition) is 0. The van der Waals surface area contributed by atoms with E-state index in [0.717, 1.165) is 54.3 Å². The van der Waals surface area contributed by atoms with Crippen molar-refractivity contribution in [3.63, 3.8) is 0 Å². The SMILES string of the molecule is C=C/C=c1\c(=C/C)nc(CN2CCN(c3cccc(Cl)c3)CC2)n1C. The lowest BCUT2D eigenvalue weighted by atomic mass is 10.2. The molecule has 5 heteroatoms. The van der Waals surface area contributed by atoms with Gasteiger partial charge in [0.15, 0.2) is 0 Å². The van der Waals surface area contributed by atoms with Crippen LogP contribution < -0.4 is 15.6 Å². The molecule has 0 amide bonds. The maximum atomic E-state index is 6.11. The van der Waals surface area contributed by atoms with Gasteiger partial charge in [0.1, 0.15) is 5.82 Å². The Kier molecular flexibility index (Phi) is 5.61. The van der Waals surface area contributed by atoms with Gasteiger partial charge >= 0.3 is 0 Å². The molecule has 25 heavy (non-hydrogen) atoms. The molecule has 3 rings (SSSR count). The van der Waals surface area contributed by atoms with E-state index in [9.17, 15) is 0 Å². The van der Waals surface area contributed by atoms with Crippen LogP contribution in [0.4, 0.5) is 5.69 Å².